The normalized spacial score (nSPS) is 16.3. The van der Waals surface area contributed by atoms with E-state index in [1.807, 2.05) is 54.6 Å². The lowest BCUT2D eigenvalue weighted by Crippen LogP contribution is -2.28. The van der Waals surface area contributed by atoms with Crippen LogP contribution in [0.3, 0.4) is 0 Å². The Morgan fingerprint density at radius 2 is 1.79 bits per heavy atom. The standard InChI is InChI=1S/C23H20Cl2N2O/c1-27-14-18(12-16-4-2-3-5-21(16)25)26-23(15-6-9-19(28)10-7-15)20-13-17(24)8-11-22(20)27/h2-11,13,18,28H,12,14H2,1H3. The number of nitrogens with zero attached hydrogens (tertiary/aromatic N) is 2. The van der Waals surface area contributed by atoms with Gasteiger partial charge in [0.15, 0.2) is 0 Å². The van der Waals surface area contributed by atoms with Gasteiger partial charge in [0, 0.05) is 40.5 Å². The first kappa shape index (κ1) is 18.9. The molecule has 0 saturated heterocycles. The number of aliphatic imine (C=N–C) groups is 1. The summed E-state index contributed by atoms with van der Waals surface area (Å²) in [6.45, 7) is 0.765. The number of phenols is 1. The topological polar surface area (TPSA) is 35.8 Å². The van der Waals surface area contributed by atoms with Gasteiger partial charge in [0.2, 0.25) is 0 Å². The number of halogens is 2. The molecule has 1 aliphatic heterocycles. The van der Waals surface area contributed by atoms with Gasteiger partial charge >= 0.3 is 0 Å². The molecule has 0 amide bonds. The van der Waals surface area contributed by atoms with Crippen molar-refractivity contribution in [3.8, 4) is 5.75 Å². The van der Waals surface area contributed by atoms with E-state index in [9.17, 15) is 5.11 Å². The number of fused-ring (bicyclic) bond motifs is 1. The van der Waals surface area contributed by atoms with Crippen molar-refractivity contribution in [2.45, 2.75) is 12.5 Å². The van der Waals surface area contributed by atoms with Crippen LogP contribution in [-0.2, 0) is 6.42 Å². The summed E-state index contributed by atoms with van der Waals surface area (Å²) in [4.78, 5) is 7.33. The van der Waals surface area contributed by atoms with E-state index >= 15 is 0 Å². The molecule has 3 nitrogen and oxygen atoms in total. The van der Waals surface area contributed by atoms with Crippen LogP contribution in [0.15, 0.2) is 71.7 Å². The van der Waals surface area contributed by atoms with Crippen LogP contribution >= 0.6 is 23.2 Å². The van der Waals surface area contributed by atoms with Crippen molar-refractivity contribution < 1.29 is 5.11 Å². The third kappa shape index (κ3) is 3.87. The van der Waals surface area contributed by atoms with Crippen molar-refractivity contribution in [1.82, 2.24) is 0 Å². The molecule has 1 unspecified atom stereocenters. The van der Waals surface area contributed by atoms with Gasteiger partial charge in [-0.2, -0.15) is 0 Å². The number of hydrogen-bond acceptors (Lipinski definition) is 3. The molecule has 5 heteroatoms. The molecule has 1 atom stereocenters. The van der Waals surface area contributed by atoms with E-state index in [2.05, 4.69) is 11.9 Å². The van der Waals surface area contributed by atoms with Crippen LogP contribution in [0.25, 0.3) is 0 Å². The third-order valence-corrected chi connectivity index (χ3v) is 5.58. The molecule has 0 radical (unpaired) electrons. The van der Waals surface area contributed by atoms with Crippen molar-refractivity contribution in [3.05, 3.63) is 93.5 Å². The van der Waals surface area contributed by atoms with Crippen LogP contribution < -0.4 is 4.90 Å². The van der Waals surface area contributed by atoms with Gasteiger partial charge in [-0.25, -0.2) is 0 Å². The highest BCUT2D eigenvalue weighted by molar-refractivity contribution is 6.32. The maximum atomic E-state index is 9.69. The van der Waals surface area contributed by atoms with Crippen LogP contribution in [0.5, 0.6) is 5.75 Å². The smallest absolute Gasteiger partial charge is 0.115 e. The second-order valence-corrected chi connectivity index (χ2v) is 7.86. The van der Waals surface area contributed by atoms with Gasteiger partial charge in [-0.15, -0.1) is 0 Å². The second kappa shape index (κ2) is 7.86. The van der Waals surface area contributed by atoms with E-state index in [1.165, 1.54) is 0 Å². The minimum Gasteiger partial charge on any atom is -0.508 e. The summed E-state index contributed by atoms with van der Waals surface area (Å²) < 4.78 is 0. The zero-order chi connectivity index (χ0) is 19.7. The molecule has 4 rings (SSSR count). The van der Waals surface area contributed by atoms with Crippen LogP contribution in [-0.4, -0.2) is 30.5 Å². The van der Waals surface area contributed by atoms with Crippen LogP contribution in [0.2, 0.25) is 10.0 Å². The molecule has 3 aromatic carbocycles. The van der Waals surface area contributed by atoms with E-state index < -0.39 is 0 Å². The van der Waals surface area contributed by atoms with Crippen LogP contribution in [0.4, 0.5) is 5.69 Å². The summed E-state index contributed by atoms with van der Waals surface area (Å²) >= 11 is 12.7. The predicted octanol–water partition coefficient (Wildman–Crippen LogP) is 5.60. The number of anilines is 1. The number of rotatable bonds is 3. The highest BCUT2D eigenvalue weighted by atomic mass is 35.5. The average Bonchev–Trinajstić information content (AvgIpc) is 2.81. The SMILES string of the molecule is CN1CC(Cc2ccccc2Cl)N=C(c2ccc(O)cc2)c2cc(Cl)ccc21. The summed E-state index contributed by atoms with van der Waals surface area (Å²) in [7, 11) is 2.07. The molecular weight excluding hydrogens is 391 g/mol. The molecule has 1 N–H and O–H groups in total. The van der Waals surface area contributed by atoms with Gasteiger partial charge in [-0.05, 0) is 60.5 Å². The largest absolute Gasteiger partial charge is 0.508 e. The Morgan fingerprint density at radius 3 is 2.54 bits per heavy atom. The number of likely N-dealkylation sites (N-methyl/N-ethyl adjacent to an activating group) is 1. The molecule has 28 heavy (non-hydrogen) atoms. The summed E-state index contributed by atoms with van der Waals surface area (Å²) in [6.07, 6.45) is 0.743. The molecule has 0 fully saturated rings. The molecular formula is C23H20Cl2N2O. The summed E-state index contributed by atoms with van der Waals surface area (Å²) in [5.74, 6) is 0.231. The molecule has 0 saturated carbocycles. The molecule has 3 aromatic rings. The van der Waals surface area contributed by atoms with Gasteiger partial charge in [0.25, 0.3) is 0 Å². The summed E-state index contributed by atoms with van der Waals surface area (Å²) in [5.41, 5.74) is 4.97. The van der Waals surface area contributed by atoms with Gasteiger partial charge in [0.05, 0.1) is 11.8 Å². The van der Waals surface area contributed by atoms with Crippen molar-refractivity contribution in [3.63, 3.8) is 0 Å². The number of benzene rings is 3. The molecule has 0 bridgehead atoms. The Labute approximate surface area is 174 Å². The van der Waals surface area contributed by atoms with Gasteiger partial charge in [-0.3, -0.25) is 4.99 Å². The highest BCUT2D eigenvalue weighted by Gasteiger charge is 2.24. The first-order chi connectivity index (χ1) is 13.5. The lowest BCUT2D eigenvalue weighted by molar-refractivity contribution is 0.475. The maximum Gasteiger partial charge on any atom is 0.115 e. The van der Waals surface area contributed by atoms with Crippen molar-refractivity contribution >= 4 is 34.6 Å². The van der Waals surface area contributed by atoms with Gasteiger partial charge < -0.3 is 10.0 Å². The van der Waals surface area contributed by atoms with E-state index in [0.29, 0.717) is 5.02 Å². The summed E-state index contributed by atoms with van der Waals surface area (Å²) in [6, 6.07) is 21.0. The number of hydrogen-bond donors (Lipinski definition) is 1. The zero-order valence-corrected chi connectivity index (χ0v) is 17.0. The Morgan fingerprint density at radius 1 is 1.04 bits per heavy atom. The van der Waals surface area contributed by atoms with Crippen LogP contribution in [0.1, 0.15) is 16.7 Å². The third-order valence-electron chi connectivity index (χ3n) is 4.98. The monoisotopic (exact) mass is 410 g/mol. The Kier molecular flexibility index (Phi) is 5.29. The fourth-order valence-corrected chi connectivity index (χ4v) is 4.00. The van der Waals surface area contributed by atoms with Gasteiger partial charge in [-0.1, -0.05) is 41.4 Å². The lowest BCUT2D eigenvalue weighted by Gasteiger charge is -2.22. The average molecular weight is 411 g/mol. The summed E-state index contributed by atoms with van der Waals surface area (Å²) in [5, 5.41) is 11.1. The Bertz CT molecular complexity index is 1030. The van der Waals surface area contributed by atoms with E-state index in [4.69, 9.17) is 28.2 Å². The molecule has 0 aliphatic carbocycles. The first-order valence-corrected chi connectivity index (χ1v) is 9.88. The molecule has 0 spiro atoms. The molecule has 0 aromatic heterocycles. The Balaban J connectivity index is 1.82. The first-order valence-electron chi connectivity index (χ1n) is 9.13. The second-order valence-electron chi connectivity index (χ2n) is 7.02. The van der Waals surface area contributed by atoms with Crippen LogP contribution in [0, 0.1) is 0 Å². The molecule has 1 aliphatic rings. The van der Waals surface area contributed by atoms with Crippen molar-refractivity contribution in [2.75, 3.05) is 18.5 Å². The number of phenolic OH excluding ortho intramolecular Hbond substituents is 1. The minimum absolute atomic E-state index is 0.0277. The minimum atomic E-state index is 0.0277. The van der Waals surface area contributed by atoms with E-state index in [1.54, 1.807) is 12.1 Å². The van der Waals surface area contributed by atoms with Gasteiger partial charge in [0.1, 0.15) is 5.75 Å². The number of benzodiazepines with no additional fused rings is 1. The Hall–Kier alpha value is -2.49. The number of aromatic hydroxyl groups is 1. The highest BCUT2D eigenvalue weighted by Crippen LogP contribution is 2.31. The zero-order valence-electron chi connectivity index (χ0n) is 15.4. The van der Waals surface area contributed by atoms with E-state index in [-0.39, 0.29) is 11.8 Å². The fourth-order valence-electron chi connectivity index (χ4n) is 3.62. The quantitative estimate of drug-likeness (QED) is 0.609. The van der Waals surface area contributed by atoms with Crippen molar-refractivity contribution in [2.24, 2.45) is 4.99 Å². The van der Waals surface area contributed by atoms with Crippen molar-refractivity contribution in [1.29, 1.82) is 0 Å². The molecule has 142 valence electrons. The fraction of sp³-hybridized carbons (Fsp3) is 0.174. The van der Waals surface area contributed by atoms with E-state index in [0.717, 1.165) is 46.1 Å². The maximum absolute atomic E-state index is 9.69. The lowest BCUT2D eigenvalue weighted by atomic mass is 10.00. The predicted molar refractivity (Wildman–Crippen MR) is 117 cm³/mol. The molecule has 1 heterocycles.